The second-order valence-corrected chi connectivity index (χ2v) is 22.0. The van der Waals surface area contributed by atoms with Crippen molar-refractivity contribution in [2.45, 2.75) is 38.5 Å². The Hall–Kier alpha value is -8.98. The van der Waals surface area contributed by atoms with Gasteiger partial charge in [-0.3, -0.25) is 0 Å². The fourth-order valence-corrected chi connectivity index (χ4v) is 13.8. The van der Waals surface area contributed by atoms with Gasteiger partial charge in [-0.15, -0.1) is 0 Å². The van der Waals surface area contributed by atoms with Gasteiger partial charge in [-0.2, -0.15) is 0 Å². The number of fused-ring (bicyclic) bond motifs is 18. The molecule has 74 heavy (non-hydrogen) atoms. The van der Waals surface area contributed by atoms with Crippen LogP contribution in [0.15, 0.2) is 231 Å². The highest BCUT2D eigenvalue weighted by Gasteiger charge is 2.38. The molecule has 0 bridgehead atoms. The van der Waals surface area contributed by atoms with Crippen molar-refractivity contribution in [2.24, 2.45) is 0 Å². The minimum absolute atomic E-state index is 0.0881. The molecule has 2 aliphatic carbocycles. The summed E-state index contributed by atoms with van der Waals surface area (Å²) in [6, 6.07) is 87.1. The molecule has 2 aliphatic rings. The molecule has 0 unspecified atom stereocenters. The summed E-state index contributed by atoms with van der Waals surface area (Å²) in [5.41, 5.74) is 22.9. The van der Waals surface area contributed by atoms with Gasteiger partial charge in [0.05, 0.1) is 22.1 Å². The molecule has 0 saturated carbocycles. The maximum atomic E-state index is 2.48. The van der Waals surface area contributed by atoms with Crippen LogP contribution < -0.4 is 0 Å². The maximum Gasteiger partial charge on any atom is 0.0544 e. The first-order chi connectivity index (χ1) is 36.2. The largest absolute Gasteiger partial charge is 0.309 e. The predicted molar refractivity (Wildman–Crippen MR) is 314 cm³/mol. The number of benzene rings is 12. The van der Waals surface area contributed by atoms with Gasteiger partial charge in [-0.25, -0.2) is 0 Å². The van der Waals surface area contributed by atoms with E-state index in [2.05, 4.69) is 267 Å². The van der Waals surface area contributed by atoms with Gasteiger partial charge in [0.1, 0.15) is 0 Å². The van der Waals surface area contributed by atoms with Crippen molar-refractivity contribution in [3.05, 3.63) is 253 Å². The minimum atomic E-state index is -0.0881. The van der Waals surface area contributed by atoms with E-state index in [-0.39, 0.29) is 10.8 Å². The molecule has 2 heterocycles. The Morgan fingerprint density at radius 1 is 0.230 bits per heavy atom. The van der Waals surface area contributed by atoms with Crippen LogP contribution in [0.1, 0.15) is 49.9 Å². The lowest BCUT2D eigenvalue weighted by Crippen LogP contribution is -2.14. The summed E-state index contributed by atoms with van der Waals surface area (Å²) < 4.78 is 4.93. The van der Waals surface area contributed by atoms with E-state index in [9.17, 15) is 0 Å². The number of rotatable bonds is 4. The first-order valence-electron chi connectivity index (χ1n) is 26.2. The molecule has 0 fully saturated rings. The van der Waals surface area contributed by atoms with Crippen LogP contribution in [0.5, 0.6) is 0 Å². The first kappa shape index (κ1) is 41.6. The molecular formula is C72H50N2. The fourth-order valence-electron chi connectivity index (χ4n) is 13.8. The predicted octanol–water partition coefficient (Wildman–Crippen LogP) is 19.3. The Morgan fingerprint density at radius 3 is 1.00 bits per heavy atom. The van der Waals surface area contributed by atoms with Crippen LogP contribution in [-0.2, 0) is 10.8 Å². The normalized spacial score (nSPS) is 14.2. The van der Waals surface area contributed by atoms with E-state index in [0.717, 1.165) is 0 Å². The van der Waals surface area contributed by atoms with Crippen LogP contribution in [0, 0.1) is 0 Å². The third kappa shape index (κ3) is 5.60. The lowest BCUT2D eigenvalue weighted by atomic mass is 9.82. The average Bonchev–Trinajstić information content (AvgIpc) is 4.09. The van der Waals surface area contributed by atoms with E-state index >= 15 is 0 Å². The summed E-state index contributed by atoms with van der Waals surface area (Å²) >= 11 is 0. The van der Waals surface area contributed by atoms with Gasteiger partial charge in [0.15, 0.2) is 0 Å². The van der Waals surface area contributed by atoms with Crippen LogP contribution in [0.4, 0.5) is 0 Å². The first-order valence-corrected chi connectivity index (χ1v) is 26.2. The van der Waals surface area contributed by atoms with Crippen LogP contribution in [0.3, 0.4) is 0 Å². The van der Waals surface area contributed by atoms with E-state index in [1.165, 1.54) is 154 Å². The van der Waals surface area contributed by atoms with E-state index in [1.54, 1.807) is 0 Å². The molecule has 16 rings (SSSR count). The molecule has 0 atom stereocenters. The lowest BCUT2D eigenvalue weighted by Gasteiger charge is -2.21. The molecule has 14 aromatic rings. The van der Waals surface area contributed by atoms with Crippen LogP contribution >= 0.6 is 0 Å². The molecule has 0 aliphatic heterocycles. The van der Waals surface area contributed by atoms with Gasteiger partial charge >= 0.3 is 0 Å². The number of hydrogen-bond acceptors (Lipinski definition) is 0. The van der Waals surface area contributed by atoms with Crippen molar-refractivity contribution in [3.63, 3.8) is 0 Å². The number of para-hydroxylation sites is 2. The van der Waals surface area contributed by atoms with Crippen molar-refractivity contribution < 1.29 is 0 Å². The van der Waals surface area contributed by atoms with Gasteiger partial charge in [0, 0.05) is 43.7 Å². The van der Waals surface area contributed by atoms with Gasteiger partial charge in [0.2, 0.25) is 0 Å². The number of aromatic nitrogens is 2. The van der Waals surface area contributed by atoms with E-state index in [1.807, 2.05) is 0 Å². The second kappa shape index (κ2) is 14.8. The Morgan fingerprint density at radius 2 is 0.568 bits per heavy atom. The summed E-state index contributed by atoms with van der Waals surface area (Å²) in [6.45, 7) is 9.50. The molecule has 0 saturated heterocycles. The topological polar surface area (TPSA) is 9.86 Å². The minimum Gasteiger partial charge on any atom is -0.309 e. The van der Waals surface area contributed by atoms with Crippen molar-refractivity contribution in [2.75, 3.05) is 0 Å². The SMILES string of the molecule is CC1(C)c2ccccc2-c2cc3c4cc(-c5ccc6c7ccc(-c8ccc9c(c8)c8cc%10c(cc8n9-c8ccccc8)C(C)(C)c8ccccc8-%10)cc7c7ccccc7c6c5)ccc4n(-c4ccccc4)c3cc21. The standard InChI is InChI=1S/C72H50N2/c1-71(2)63-25-15-13-23-53(63)57-39-61-59-37-45(29-33-67(59)73(69(61)41-65(57)71)47-17-7-5-8-18-47)43-27-31-51-52-32-28-44(36-56(52)50-22-12-11-21-49(50)55(51)35-43)46-30-34-68-60(38-46)62-40-58-54-24-14-16-26-64(54)72(3,4)66(58)42-70(62)74(68)48-19-9-6-10-20-48/h5-42H,1-4H3. The highest BCUT2D eigenvalue weighted by Crippen LogP contribution is 2.53. The molecule has 2 aromatic heterocycles. The second-order valence-electron chi connectivity index (χ2n) is 22.0. The average molecular weight is 943 g/mol. The third-order valence-electron chi connectivity index (χ3n) is 17.5. The highest BCUT2D eigenvalue weighted by atomic mass is 15.0. The van der Waals surface area contributed by atoms with E-state index in [0.29, 0.717) is 0 Å². The van der Waals surface area contributed by atoms with Gasteiger partial charge in [-0.05, 0) is 184 Å². The maximum absolute atomic E-state index is 2.48. The van der Waals surface area contributed by atoms with Crippen LogP contribution in [0.25, 0.3) is 132 Å². The monoisotopic (exact) mass is 942 g/mol. The van der Waals surface area contributed by atoms with Crippen molar-refractivity contribution in [1.29, 1.82) is 0 Å². The van der Waals surface area contributed by atoms with E-state index in [4.69, 9.17) is 0 Å². The van der Waals surface area contributed by atoms with E-state index < -0.39 is 0 Å². The molecule has 0 amide bonds. The summed E-state index contributed by atoms with van der Waals surface area (Å²) in [6.07, 6.45) is 0. The molecule has 2 heteroatoms. The third-order valence-corrected chi connectivity index (χ3v) is 17.5. The molecule has 0 radical (unpaired) electrons. The molecular weight excluding hydrogens is 893 g/mol. The molecule has 2 nitrogen and oxygen atoms in total. The zero-order chi connectivity index (χ0) is 49.2. The van der Waals surface area contributed by atoms with Gasteiger partial charge in [-0.1, -0.05) is 173 Å². The lowest BCUT2D eigenvalue weighted by molar-refractivity contribution is 0.661. The smallest absolute Gasteiger partial charge is 0.0544 e. The summed E-state index contributed by atoms with van der Waals surface area (Å²) in [4.78, 5) is 0. The quantitative estimate of drug-likeness (QED) is 0.156. The van der Waals surface area contributed by atoms with Crippen LogP contribution in [0.2, 0.25) is 0 Å². The van der Waals surface area contributed by atoms with Crippen molar-refractivity contribution in [3.8, 4) is 55.9 Å². The Kier molecular flexibility index (Phi) is 8.33. The van der Waals surface area contributed by atoms with Gasteiger partial charge < -0.3 is 9.13 Å². The molecule has 0 N–H and O–H groups in total. The summed E-state index contributed by atoms with van der Waals surface area (Å²) in [5.74, 6) is 0. The Labute approximate surface area is 430 Å². The molecule has 12 aromatic carbocycles. The zero-order valence-corrected chi connectivity index (χ0v) is 41.8. The molecule has 348 valence electrons. The number of hydrogen-bond donors (Lipinski definition) is 0. The van der Waals surface area contributed by atoms with Crippen molar-refractivity contribution >= 4 is 75.9 Å². The van der Waals surface area contributed by atoms with Crippen molar-refractivity contribution in [1.82, 2.24) is 9.13 Å². The Balaban J connectivity index is 0.853. The summed E-state index contributed by atoms with van der Waals surface area (Å²) in [5, 5.41) is 12.7. The zero-order valence-electron chi connectivity index (χ0n) is 41.8. The molecule has 0 spiro atoms. The van der Waals surface area contributed by atoms with Crippen LogP contribution in [-0.4, -0.2) is 9.13 Å². The number of nitrogens with zero attached hydrogens (tertiary/aromatic N) is 2. The Bertz CT molecular complexity index is 4430. The highest BCUT2D eigenvalue weighted by molar-refractivity contribution is 6.26. The van der Waals surface area contributed by atoms with Gasteiger partial charge in [0.25, 0.3) is 0 Å². The fraction of sp³-hybridized carbons (Fsp3) is 0.0833. The summed E-state index contributed by atoms with van der Waals surface area (Å²) in [7, 11) is 0.